The molecule has 8 heteroatoms. The number of aliphatic imine (C=N–C) groups is 1. The number of hydrogen-bond acceptors (Lipinski definition) is 4. The van der Waals surface area contributed by atoms with E-state index < -0.39 is 0 Å². The average Bonchev–Trinajstić information content (AvgIpc) is 2.71. The number of amides is 1. The molecule has 2 rings (SSSR count). The summed E-state index contributed by atoms with van der Waals surface area (Å²) in [4.78, 5) is 18.9. The number of rotatable bonds is 9. The summed E-state index contributed by atoms with van der Waals surface area (Å²) in [6, 6.07) is 7.85. The van der Waals surface area contributed by atoms with Gasteiger partial charge in [-0.05, 0) is 37.6 Å². The van der Waals surface area contributed by atoms with Crippen molar-refractivity contribution in [3.05, 3.63) is 29.8 Å². The summed E-state index contributed by atoms with van der Waals surface area (Å²) in [6.45, 7) is 13.0. The molecule has 1 aliphatic heterocycles. The fourth-order valence-electron chi connectivity index (χ4n) is 2.83. The Labute approximate surface area is 192 Å². The molecule has 0 unspecified atom stereocenters. The molecular formula is C21H36IN5O2. The van der Waals surface area contributed by atoms with Crippen LogP contribution in [-0.4, -0.2) is 62.7 Å². The third-order valence-corrected chi connectivity index (χ3v) is 4.56. The highest BCUT2D eigenvalue weighted by atomic mass is 127. The van der Waals surface area contributed by atoms with Crippen molar-refractivity contribution in [3.8, 4) is 0 Å². The van der Waals surface area contributed by atoms with E-state index in [-0.39, 0.29) is 35.8 Å². The van der Waals surface area contributed by atoms with Crippen LogP contribution in [0.5, 0.6) is 0 Å². The normalized spacial score (nSPS) is 15.0. The Hall–Kier alpha value is -1.39. The molecule has 0 spiro atoms. The van der Waals surface area contributed by atoms with Gasteiger partial charge in [-0.3, -0.25) is 9.69 Å². The van der Waals surface area contributed by atoms with E-state index in [4.69, 9.17) is 4.74 Å². The van der Waals surface area contributed by atoms with Crippen LogP contribution in [0, 0.1) is 5.92 Å². The van der Waals surface area contributed by atoms with Gasteiger partial charge in [0, 0.05) is 37.8 Å². The van der Waals surface area contributed by atoms with Gasteiger partial charge >= 0.3 is 0 Å². The Morgan fingerprint density at radius 1 is 1.17 bits per heavy atom. The number of morpholine rings is 1. The maximum Gasteiger partial charge on any atom is 0.226 e. The molecular weight excluding hydrogens is 481 g/mol. The molecule has 1 fully saturated rings. The standard InChI is InChI=1S/C21H35N5O2.HI/c1-4-22-21(23-10-5-11-26-12-14-28-15-13-26)24-16-18-6-8-19(9-7-18)25-20(27)17(2)3;/h6-9,17H,4-5,10-16H2,1-3H3,(H,25,27)(H2,22,23,24);1H. The largest absolute Gasteiger partial charge is 0.379 e. The van der Waals surface area contributed by atoms with Crippen LogP contribution in [0.25, 0.3) is 0 Å². The Morgan fingerprint density at radius 3 is 2.48 bits per heavy atom. The highest BCUT2D eigenvalue weighted by molar-refractivity contribution is 14.0. The van der Waals surface area contributed by atoms with Crippen LogP contribution in [0.15, 0.2) is 29.3 Å². The maximum atomic E-state index is 11.8. The Morgan fingerprint density at radius 2 is 1.86 bits per heavy atom. The second-order valence-corrected chi connectivity index (χ2v) is 7.27. The second kappa shape index (κ2) is 14.6. The van der Waals surface area contributed by atoms with Crippen molar-refractivity contribution in [2.75, 3.05) is 51.3 Å². The van der Waals surface area contributed by atoms with Crippen LogP contribution in [0.1, 0.15) is 32.8 Å². The fourth-order valence-corrected chi connectivity index (χ4v) is 2.83. The van der Waals surface area contributed by atoms with Crippen LogP contribution >= 0.6 is 24.0 Å². The number of halogens is 1. The van der Waals surface area contributed by atoms with Gasteiger partial charge in [0.25, 0.3) is 0 Å². The van der Waals surface area contributed by atoms with Crippen LogP contribution in [0.2, 0.25) is 0 Å². The van der Waals surface area contributed by atoms with E-state index in [1.54, 1.807) is 0 Å². The number of carbonyl (C=O) groups is 1. The van der Waals surface area contributed by atoms with Gasteiger partial charge in [0.05, 0.1) is 19.8 Å². The summed E-state index contributed by atoms with van der Waals surface area (Å²) >= 11 is 0. The van der Waals surface area contributed by atoms with E-state index in [1.165, 1.54) is 0 Å². The molecule has 0 radical (unpaired) electrons. The van der Waals surface area contributed by atoms with Gasteiger partial charge in [-0.15, -0.1) is 24.0 Å². The fraction of sp³-hybridized carbons (Fsp3) is 0.619. The number of carbonyl (C=O) groups excluding carboxylic acids is 1. The van der Waals surface area contributed by atoms with Crippen LogP contribution in [0.4, 0.5) is 5.69 Å². The monoisotopic (exact) mass is 517 g/mol. The van der Waals surface area contributed by atoms with Crippen molar-refractivity contribution >= 4 is 41.5 Å². The summed E-state index contributed by atoms with van der Waals surface area (Å²) in [5.74, 6) is 0.837. The molecule has 1 aromatic carbocycles. The molecule has 1 saturated heterocycles. The van der Waals surface area contributed by atoms with Crippen molar-refractivity contribution in [2.24, 2.45) is 10.9 Å². The highest BCUT2D eigenvalue weighted by Crippen LogP contribution is 2.11. The first-order valence-corrected chi connectivity index (χ1v) is 10.3. The van der Waals surface area contributed by atoms with Crippen molar-refractivity contribution in [2.45, 2.75) is 33.7 Å². The van der Waals surface area contributed by atoms with Gasteiger partial charge < -0.3 is 20.7 Å². The zero-order valence-electron chi connectivity index (χ0n) is 17.9. The van der Waals surface area contributed by atoms with E-state index >= 15 is 0 Å². The third kappa shape index (κ3) is 10.3. The predicted octanol–water partition coefficient (Wildman–Crippen LogP) is 2.68. The third-order valence-electron chi connectivity index (χ3n) is 4.56. The lowest BCUT2D eigenvalue weighted by Crippen LogP contribution is -2.40. The minimum Gasteiger partial charge on any atom is -0.379 e. The molecule has 0 atom stereocenters. The second-order valence-electron chi connectivity index (χ2n) is 7.27. The zero-order chi connectivity index (χ0) is 20.2. The molecule has 1 heterocycles. The van der Waals surface area contributed by atoms with E-state index in [9.17, 15) is 4.79 Å². The maximum absolute atomic E-state index is 11.8. The lowest BCUT2D eigenvalue weighted by molar-refractivity contribution is -0.118. The Kier molecular flexibility index (Phi) is 12.9. The number of guanidine groups is 1. The lowest BCUT2D eigenvalue weighted by Gasteiger charge is -2.26. The molecule has 0 aromatic heterocycles. The highest BCUT2D eigenvalue weighted by Gasteiger charge is 2.09. The van der Waals surface area contributed by atoms with Crippen LogP contribution < -0.4 is 16.0 Å². The van der Waals surface area contributed by atoms with Crippen LogP contribution in [-0.2, 0) is 16.1 Å². The first kappa shape index (κ1) is 25.6. The molecule has 29 heavy (non-hydrogen) atoms. The number of hydrogen-bond donors (Lipinski definition) is 3. The van der Waals surface area contributed by atoms with Crippen molar-refractivity contribution in [1.82, 2.24) is 15.5 Å². The molecule has 0 bridgehead atoms. The van der Waals surface area contributed by atoms with Gasteiger partial charge in [0.1, 0.15) is 0 Å². The topological polar surface area (TPSA) is 78.0 Å². The quantitative estimate of drug-likeness (QED) is 0.203. The number of nitrogens with one attached hydrogen (secondary N) is 3. The summed E-state index contributed by atoms with van der Waals surface area (Å²) in [6.07, 6.45) is 1.08. The van der Waals surface area contributed by atoms with Gasteiger partial charge in [0.15, 0.2) is 5.96 Å². The number of benzene rings is 1. The molecule has 0 saturated carbocycles. The van der Waals surface area contributed by atoms with Crippen molar-refractivity contribution in [1.29, 1.82) is 0 Å². The van der Waals surface area contributed by atoms with E-state index in [1.807, 2.05) is 38.1 Å². The molecule has 164 valence electrons. The minimum atomic E-state index is -0.0266. The Bertz CT molecular complexity index is 616. The van der Waals surface area contributed by atoms with Crippen LogP contribution in [0.3, 0.4) is 0 Å². The van der Waals surface area contributed by atoms with E-state index in [2.05, 4.69) is 32.8 Å². The molecule has 0 aliphatic carbocycles. The molecule has 1 aliphatic rings. The molecule has 1 aromatic rings. The minimum absolute atomic E-state index is 0. The summed E-state index contributed by atoms with van der Waals surface area (Å²) in [5, 5.41) is 9.60. The Balaban J connectivity index is 0.00000420. The molecule has 1 amide bonds. The summed E-state index contributed by atoms with van der Waals surface area (Å²) < 4.78 is 5.38. The molecule has 3 N–H and O–H groups in total. The van der Waals surface area contributed by atoms with Crippen molar-refractivity contribution in [3.63, 3.8) is 0 Å². The smallest absolute Gasteiger partial charge is 0.226 e. The number of anilines is 1. The van der Waals surface area contributed by atoms with E-state index in [0.29, 0.717) is 6.54 Å². The van der Waals surface area contributed by atoms with Gasteiger partial charge in [0.2, 0.25) is 5.91 Å². The molecule has 7 nitrogen and oxygen atoms in total. The summed E-state index contributed by atoms with van der Waals surface area (Å²) in [7, 11) is 0. The predicted molar refractivity (Wildman–Crippen MR) is 130 cm³/mol. The lowest BCUT2D eigenvalue weighted by atomic mass is 10.2. The first-order chi connectivity index (χ1) is 13.6. The van der Waals surface area contributed by atoms with Gasteiger partial charge in [-0.2, -0.15) is 0 Å². The first-order valence-electron chi connectivity index (χ1n) is 10.3. The zero-order valence-corrected chi connectivity index (χ0v) is 20.2. The average molecular weight is 517 g/mol. The van der Waals surface area contributed by atoms with Gasteiger partial charge in [-0.25, -0.2) is 4.99 Å². The number of ether oxygens (including phenoxy) is 1. The van der Waals surface area contributed by atoms with E-state index in [0.717, 1.165) is 69.6 Å². The van der Waals surface area contributed by atoms with Gasteiger partial charge in [-0.1, -0.05) is 26.0 Å². The van der Waals surface area contributed by atoms with Crippen molar-refractivity contribution < 1.29 is 9.53 Å². The SMILES string of the molecule is CCNC(=NCc1ccc(NC(=O)C(C)C)cc1)NCCCN1CCOCC1.I. The number of nitrogens with zero attached hydrogens (tertiary/aromatic N) is 2. The summed E-state index contributed by atoms with van der Waals surface area (Å²) in [5.41, 5.74) is 1.92.